The van der Waals surface area contributed by atoms with Crippen molar-refractivity contribution in [2.45, 2.75) is 51.1 Å². The Balaban J connectivity index is 2.28. The number of rotatable bonds is 3. The molecule has 0 bridgehead atoms. The Morgan fingerprint density at radius 1 is 1.07 bits per heavy atom. The molecule has 162 valence electrons. The Kier molecular flexibility index (Phi) is 6.51. The van der Waals surface area contributed by atoms with Gasteiger partial charge in [0.2, 0.25) is 0 Å². The van der Waals surface area contributed by atoms with Gasteiger partial charge in [-0.1, -0.05) is 30.3 Å². The van der Waals surface area contributed by atoms with Crippen molar-refractivity contribution in [3.63, 3.8) is 0 Å². The first kappa shape index (κ1) is 23.0. The lowest BCUT2D eigenvalue weighted by Gasteiger charge is -2.44. The zero-order chi connectivity index (χ0) is 22.0. The average molecular weight is 416 g/mol. The van der Waals surface area contributed by atoms with Crippen LogP contribution >= 0.6 is 0 Å². The molecule has 0 aliphatic carbocycles. The second-order valence-corrected chi connectivity index (χ2v) is 8.02. The van der Waals surface area contributed by atoms with Gasteiger partial charge < -0.3 is 19.3 Å². The number of benzene rings is 1. The number of amides is 2. The number of nitrogens with zero attached hydrogens (tertiary/aromatic N) is 2. The normalized spacial score (nSPS) is 20.2. The number of methoxy groups -OCH3 is 1. The summed E-state index contributed by atoms with van der Waals surface area (Å²) >= 11 is 0. The molecule has 0 N–H and O–H groups in total. The molecule has 6 nitrogen and oxygen atoms in total. The minimum atomic E-state index is -4.97. The largest absolute Gasteiger partial charge is 0.444 e. The highest BCUT2D eigenvalue weighted by molar-refractivity contribution is 5.88. The molecule has 1 aliphatic heterocycles. The molecular weight excluding hydrogens is 389 g/mol. The van der Waals surface area contributed by atoms with Gasteiger partial charge in [0.05, 0.1) is 0 Å². The number of ether oxygens (including phenoxy) is 2. The van der Waals surface area contributed by atoms with Crippen molar-refractivity contribution in [1.29, 1.82) is 0 Å². The van der Waals surface area contributed by atoms with Gasteiger partial charge in [-0.25, -0.2) is 4.79 Å². The van der Waals surface area contributed by atoms with Crippen molar-refractivity contribution in [3.8, 4) is 0 Å². The fourth-order valence-electron chi connectivity index (χ4n) is 3.36. The number of alkyl halides is 3. The van der Waals surface area contributed by atoms with Gasteiger partial charge in [0.25, 0.3) is 11.5 Å². The van der Waals surface area contributed by atoms with Crippen LogP contribution in [-0.2, 0) is 19.9 Å². The number of hydrogen-bond acceptors (Lipinski definition) is 4. The molecule has 2 amide bonds. The minimum Gasteiger partial charge on any atom is -0.444 e. The number of piperazine rings is 1. The van der Waals surface area contributed by atoms with Gasteiger partial charge in [-0.15, -0.1) is 0 Å². The van der Waals surface area contributed by atoms with E-state index in [2.05, 4.69) is 0 Å². The second kappa shape index (κ2) is 8.22. The number of carbonyl (C=O) groups is 2. The highest BCUT2D eigenvalue weighted by Gasteiger charge is 2.64. The summed E-state index contributed by atoms with van der Waals surface area (Å²) in [5.41, 5.74) is -4.09. The Morgan fingerprint density at radius 3 is 2.10 bits per heavy atom. The van der Waals surface area contributed by atoms with Gasteiger partial charge in [-0.05, 0) is 27.7 Å². The van der Waals surface area contributed by atoms with Crippen LogP contribution in [-0.4, -0.2) is 66.4 Å². The summed E-state index contributed by atoms with van der Waals surface area (Å²) in [6.07, 6.45) is -5.53. The van der Waals surface area contributed by atoms with Crippen molar-refractivity contribution in [2.75, 3.05) is 26.7 Å². The summed E-state index contributed by atoms with van der Waals surface area (Å²) in [5.74, 6) is -1.20. The maximum Gasteiger partial charge on any atom is 0.430 e. The SMILES string of the molecule is CO[C@](C(=O)N1CCN(C(=O)OC(C)(C)C)[C@H](C)C1)(c1ccccc1)C(F)(F)F. The quantitative estimate of drug-likeness (QED) is 0.756. The van der Waals surface area contributed by atoms with E-state index in [9.17, 15) is 22.8 Å². The molecule has 0 radical (unpaired) electrons. The third kappa shape index (κ3) is 4.66. The molecule has 1 heterocycles. The molecule has 2 rings (SSSR count). The van der Waals surface area contributed by atoms with Crippen LogP contribution in [0.5, 0.6) is 0 Å². The third-order valence-electron chi connectivity index (χ3n) is 4.73. The summed E-state index contributed by atoms with van der Waals surface area (Å²) in [6, 6.07) is 6.33. The predicted molar refractivity (Wildman–Crippen MR) is 100 cm³/mol. The first-order chi connectivity index (χ1) is 13.3. The van der Waals surface area contributed by atoms with Crippen LogP contribution < -0.4 is 0 Å². The lowest BCUT2D eigenvalue weighted by molar-refractivity contribution is -0.271. The second-order valence-electron chi connectivity index (χ2n) is 8.02. The Hall–Kier alpha value is -2.29. The fraction of sp³-hybridized carbons (Fsp3) is 0.600. The molecule has 9 heteroatoms. The third-order valence-corrected chi connectivity index (χ3v) is 4.73. The van der Waals surface area contributed by atoms with Gasteiger partial charge in [0.1, 0.15) is 5.60 Å². The zero-order valence-electron chi connectivity index (χ0n) is 17.2. The number of carbonyl (C=O) groups excluding carboxylic acids is 2. The van der Waals surface area contributed by atoms with Crippen molar-refractivity contribution in [1.82, 2.24) is 9.80 Å². The molecule has 0 unspecified atom stereocenters. The predicted octanol–water partition coefficient (Wildman–Crippen LogP) is 3.56. The van der Waals surface area contributed by atoms with E-state index in [1.54, 1.807) is 33.8 Å². The lowest BCUT2D eigenvalue weighted by Crippen LogP contribution is -2.63. The van der Waals surface area contributed by atoms with E-state index < -0.39 is 35.4 Å². The molecule has 2 atom stereocenters. The highest BCUT2D eigenvalue weighted by atomic mass is 19.4. The van der Waals surface area contributed by atoms with E-state index in [1.165, 1.54) is 29.2 Å². The fourth-order valence-corrected chi connectivity index (χ4v) is 3.36. The van der Waals surface area contributed by atoms with Crippen LogP contribution in [0.4, 0.5) is 18.0 Å². The van der Waals surface area contributed by atoms with Crippen LogP contribution in [0.1, 0.15) is 33.3 Å². The molecule has 0 saturated carbocycles. The van der Waals surface area contributed by atoms with Crippen LogP contribution in [0.15, 0.2) is 30.3 Å². The summed E-state index contributed by atoms with van der Waals surface area (Å²) in [4.78, 5) is 27.9. The van der Waals surface area contributed by atoms with Gasteiger partial charge >= 0.3 is 12.3 Å². The van der Waals surface area contributed by atoms with E-state index in [4.69, 9.17) is 9.47 Å². The lowest BCUT2D eigenvalue weighted by atomic mass is 9.90. The van der Waals surface area contributed by atoms with Gasteiger partial charge in [-0.2, -0.15) is 13.2 Å². The Bertz CT molecular complexity index is 733. The topological polar surface area (TPSA) is 59.1 Å². The van der Waals surface area contributed by atoms with E-state index in [1.807, 2.05) is 0 Å². The average Bonchev–Trinajstić information content (AvgIpc) is 2.60. The first-order valence-electron chi connectivity index (χ1n) is 9.30. The van der Waals surface area contributed by atoms with Gasteiger partial charge in [0, 0.05) is 38.3 Å². The number of halogens is 3. The summed E-state index contributed by atoms with van der Waals surface area (Å²) in [7, 11) is 0.874. The molecule has 1 aromatic rings. The van der Waals surface area contributed by atoms with Crippen LogP contribution in [0.2, 0.25) is 0 Å². The summed E-state index contributed by atoms with van der Waals surface area (Å²) < 4.78 is 52.5. The Labute approximate surface area is 168 Å². The molecule has 29 heavy (non-hydrogen) atoms. The Morgan fingerprint density at radius 2 is 1.66 bits per heavy atom. The zero-order valence-corrected chi connectivity index (χ0v) is 17.2. The van der Waals surface area contributed by atoms with E-state index in [0.29, 0.717) is 0 Å². The molecule has 0 spiro atoms. The van der Waals surface area contributed by atoms with Gasteiger partial charge in [-0.3, -0.25) is 4.79 Å². The number of hydrogen-bond donors (Lipinski definition) is 0. The van der Waals surface area contributed by atoms with Crippen molar-refractivity contribution < 1.29 is 32.2 Å². The van der Waals surface area contributed by atoms with Crippen LogP contribution in [0.25, 0.3) is 0 Å². The van der Waals surface area contributed by atoms with Crippen molar-refractivity contribution >= 4 is 12.0 Å². The molecule has 1 fully saturated rings. The molecule has 1 saturated heterocycles. The maximum atomic E-state index is 14.1. The smallest absolute Gasteiger partial charge is 0.430 e. The van der Waals surface area contributed by atoms with Crippen LogP contribution in [0.3, 0.4) is 0 Å². The van der Waals surface area contributed by atoms with Gasteiger partial charge in [0.15, 0.2) is 0 Å². The monoisotopic (exact) mass is 416 g/mol. The van der Waals surface area contributed by atoms with Crippen molar-refractivity contribution in [2.24, 2.45) is 0 Å². The molecule has 1 aromatic carbocycles. The molecule has 0 aromatic heterocycles. The van der Waals surface area contributed by atoms with Crippen molar-refractivity contribution in [3.05, 3.63) is 35.9 Å². The van der Waals surface area contributed by atoms with Crippen LogP contribution in [0, 0.1) is 0 Å². The highest BCUT2D eigenvalue weighted by Crippen LogP contribution is 2.43. The standard InChI is InChI=1S/C20H27F3N2O4/c1-14-13-24(11-12-25(14)17(27)29-18(2,3)4)16(26)19(28-5,20(21,22)23)15-9-7-6-8-10-15/h6-10,14H,11-13H2,1-5H3/t14-,19+/m1/s1. The maximum absolute atomic E-state index is 14.1. The molecular formula is C20H27F3N2O4. The van der Waals surface area contributed by atoms with E-state index in [-0.39, 0.29) is 25.2 Å². The minimum absolute atomic E-state index is 0.0591. The summed E-state index contributed by atoms with van der Waals surface area (Å²) in [5, 5.41) is 0. The first-order valence-corrected chi connectivity index (χ1v) is 9.30. The van der Waals surface area contributed by atoms with E-state index >= 15 is 0 Å². The molecule has 1 aliphatic rings. The summed E-state index contributed by atoms with van der Waals surface area (Å²) in [6.45, 7) is 6.78. The van der Waals surface area contributed by atoms with E-state index in [0.717, 1.165) is 12.0 Å².